The summed E-state index contributed by atoms with van der Waals surface area (Å²) in [5.41, 5.74) is 1.74. The van der Waals surface area contributed by atoms with Crippen LogP contribution in [-0.4, -0.2) is 4.98 Å². The van der Waals surface area contributed by atoms with E-state index >= 15 is 0 Å². The fourth-order valence-corrected chi connectivity index (χ4v) is 0.849. The number of rotatable bonds is 0. The average molecular weight is 155 g/mol. The Balaban J connectivity index is 3.06. The maximum atomic E-state index is 4.07. The van der Waals surface area contributed by atoms with Crippen molar-refractivity contribution in [1.82, 2.24) is 4.98 Å². The number of pyridine rings is 1. The minimum atomic E-state index is 0.776. The normalized spacial score (nSPS) is 7.50. The topological polar surface area (TPSA) is 12.9 Å². The van der Waals surface area contributed by atoms with E-state index in [9.17, 15) is 0 Å². The molecule has 1 heterocycles. The molecule has 58 valence electrons. The van der Waals surface area contributed by atoms with Crippen molar-refractivity contribution < 1.29 is 0 Å². The first-order valence-electron chi connectivity index (χ1n) is 3.68. The minimum Gasteiger partial charge on any atom is -0.248 e. The Labute approximate surface area is 72.8 Å². The molecule has 0 saturated carbocycles. The fraction of sp³-hybridized carbons (Fsp3) is 0.182. The van der Waals surface area contributed by atoms with Crippen molar-refractivity contribution >= 4 is 0 Å². The van der Waals surface area contributed by atoms with Gasteiger partial charge in [0.2, 0.25) is 0 Å². The van der Waals surface area contributed by atoms with Crippen molar-refractivity contribution in [2.24, 2.45) is 0 Å². The van der Waals surface area contributed by atoms with Crippen LogP contribution >= 0.6 is 0 Å². The monoisotopic (exact) mass is 155 g/mol. The maximum Gasteiger partial charge on any atom is 0.114 e. The molecule has 12 heavy (non-hydrogen) atoms. The summed E-state index contributed by atoms with van der Waals surface area (Å²) < 4.78 is 0. The van der Waals surface area contributed by atoms with Gasteiger partial charge >= 0.3 is 0 Å². The summed E-state index contributed by atoms with van der Waals surface area (Å²) in [5.74, 6) is 11.4. The molecule has 0 N–H and O–H groups in total. The van der Waals surface area contributed by atoms with Crippen LogP contribution in [0.2, 0.25) is 0 Å². The second-order valence-electron chi connectivity index (χ2n) is 2.18. The molecule has 0 fully saturated rings. The van der Waals surface area contributed by atoms with Crippen LogP contribution in [0, 0.1) is 23.7 Å². The molecule has 1 rings (SSSR count). The van der Waals surface area contributed by atoms with Crippen molar-refractivity contribution in [3.63, 3.8) is 0 Å². The standard InChI is InChI=1S/C11H9N/c1-3-5-10-7-8-12-11(9-10)6-4-2/h7-9H,1-2H3. The Morgan fingerprint density at radius 3 is 2.58 bits per heavy atom. The Morgan fingerprint density at radius 1 is 1.17 bits per heavy atom. The number of hydrogen-bond donors (Lipinski definition) is 0. The summed E-state index contributed by atoms with van der Waals surface area (Å²) in [6.45, 7) is 3.60. The zero-order valence-corrected chi connectivity index (χ0v) is 7.18. The molecule has 0 unspecified atom stereocenters. The van der Waals surface area contributed by atoms with Gasteiger partial charge in [-0.25, -0.2) is 4.98 Å². The molecule has 0 saturated heterocycles. The first kappa shape index (κ1) is 8.37. The molecule has 0 aliphatic heterocycles. The third-order valence-electron chi connectivity index (χ3n) is 1.28. The minimum absolute atomic E-state index is 0.776. The summed E-state index contributed by atoms with van der Waals surface area (Å²) in [4.78, 5) is 4.07. The number of aromatic nitrogens is 1. The second-order valence-corrected chi connectivity index (χ2v) is 2.18. The van der Waals surface area contributed by atoms with Gasteiger partial charge in [-0.05, 0) is 31.9 Å². The number of nitrogens with zero attached hydrogens (tertiary/aromatic N) is 1. The van der Waals surface area contributed by atoms with Crippen molar-refractivity contribution in [3.05, 3.63) is 29.6 Å². The van der Waals surface area contributed by atoms with E-state index in [4.69, 9.17) is 0 Å². The Kier molecular flexibility index (Phi) is 2.94. The largest absolute Gasteiger partial charge is 0.248 e. The predicted octanol–water partition coefficient (Wildman–Crippen LogP) is 1.82. The lowest BCUT2D eigenvalue weighted by atomic mass is 10.2. The van der Waals surface area contributed by atoms with Gasteiger partial charge in [-0.3, -0.25) is 0 Å². The van der Waals surface area contributed by atoms with E-state index in [2.05, 4.69) is 28.7 Å². The van der Waals surface area contributed by atoms with E-state index in [0.29, 0.717) is 0 Å². The Bertz CT molecular complexity index is 347. The van der Waals surface area contributed by atoms with E-state index < -0.39 is 0 Å². The first-order chi connectivity index (χ1) is 5.86. The van der Waals surface area contributed by atoms with Crippen LogP contribution in [0.3, 0.4) is 0 Å². The summed E-state index contributed by atoms with van der Waals surface area (Å²) in [7, 11) is 0. The highest BCUT2D eigenvalue weighted by atomic mass is 14.6. The second kappa shape index (κ2) is 4.21. The van der Waals surface area contributed by atoms with Crippen LogP contribution in [0.15, 0.2) is 18.3 Å². The highest BCUT2D eigenvalue weighted by Crippen LogP contribution is 1.98. The quantitative estimate of drug-likeness (QED) is 0.521. The SMILES string of the molecule is CC#Cc1ccnc(C#CC)c1. The molecular weight excluding hydrogens is 146 g/mol. The highest BCUT2D eigenvalue weighted by Gasteiger charge is 1.89. The molecule has 0 amide bonds. The molecule has 0 radical (unpaired) electrons. The van der Waals surface area contributed by atoms with Gasteiger partial charge in [0.05, 0.1) is 0 Å². The Hall–Kier alpha value is -1.73. The molecule has 0 aromatic carbocycles. The van der Waals surface area contributed by atoms with Gasteiger partial charge in [-0.15, -0.1) is 5.92 Å². The van der Waals surface area contributed by atoms with Gasteiger partial charge in [0.1, 0.15) is 5.69 Å². The molecule has 1 heteroatoms. The van der Waals surface area contributed by atoms with Gasteiger partial charge in [0, 0.05) is 11.8 Å². The van der Waals surface area contributed by atoms with Crippen molar-refractivity contribution in [2.45, 2.75) is 13.8 Å². The van der Waals surface area contributed by atoms with E-state index in [1.807, 2.05) is 19.1 Å². The number of hydrogen-bond acceptors (Lipinski definition) is 1. The molecule has 1 nitrogen and oxygen atoms in total. The van der Waals surface area contributed by atoms with Crippen LogP contribution in [0.5, 0.6) is 0 Å². The summed E-state index contributed by atoms with van der Waals surface area (Å²) in [6.07, 6.45) is 1.72. The van der Waals surface area contributed by atoms with Crippen molar-refractivity contribution in [3.8, 4) is 23.7 Å². The molecular formula is C11H9N. The van der Waals surface area contributed by atoms with E-state index in [1.165, 1.54) is 0 Å². The maximum absolute atomic E-state index is 4.07. The third-order valence-corrected chi connectivity index (χ3v) is 1.28. The lowest BCUT2D eigenvalue weighted by Crippen LogP contribution is -1.82. The van der Waals surface area contributed by atoms with Crippen LogP contribution in [0.1, 0.15) is 25.1 Å². The lowest BCUT2D eigenvalue weighted by molar-refractivity contribution is 1.28. The van der Waals surface area contributed by atoms with Gasteiger partial charge in [0.15, 0.2) is 0 Å². The molecule has 0 aliphatic rings. The van der Waals surface area contributed by atoms with Crippen LogP contribution in [0.4, 0.5) is 0 Å². The molecule has 0 bridgehead atoms. The van der Waals surface area contributed by atoms with Gasteiger partial charge in [-0.1, -0.05) is 11.8 Å². The van der Waals surface area contributed by atoms with E-state index in [0.717, 1.165) is 11.3 Å². The average Bonchev–Trinajstić information content (AvgIpc) is 2.06. The summed E-state index contributed by atoms with van der Waals surface area (Å²) >= 11 is 0. The summed E-state index contributed by atoms with van der Waals surface area (Å²) in [6, 6.07) is 3.75. The molecule has 0 atom stereocenters. The van der Waals surface area contributed by atoms with Gasteiger partial charge < -0.3 is 0 Å². The van der Waals surface area contributed by atoms with E-state index in [1.54, 1.807) is 13.1 Å². The predicted molar refractivity (Wildman–Crippen MR) is 49.3 cm³/mol. The van der Waals surface area contributed by atoms with Crippen LogP contribution in [0.25, 0.3) is 0 Å². The molecule has 1 aromatic rings. The summed E-state index contributed by atoms with van der Waals surface area (Å²) in [5, 5.41) is 0. The first-order valence-corrected chi connectivity index (χ1v) is 3.68. The Morgan fingerprint density at radius 2 is 1.92 bits per heavy atom. The van der Waals surface area contributed by atoms with Crippen LogP contribution < -0.4 is 0 Å². The van der Waals surface area contributed by atoms with Gasteiger partial charge in [-0.2, -0.15) is 0 Å². The smallest absolute Gasteiger partial charge is 0.114 e. The molecule has 0 aliphatic carbocycles. The van der Waals surface area contributed by atoms with Gasteiger partial charge in [0.25, 0.3) is 0 Å². The molecule has 1 aromatic heterocycles. The van der Waals surface area contributed by atoms with Crippen LogP contribution in [-0.2, 0) is 0 Å². The zero-order valence-electron chi connectivity index (χ0n) is 7.18. The van der Waals surface area contributed by atoms with Crippen molar-refractivity contribution in [1.29, 1.82) is 0 Å². The fourth-order valence-electron chi connectivity index (χ4n) is 0.849. The highest BCUT2D eigenvalue weighted by molar-refractivity contribution is 5.38. The van der Waals surface area contributed by atoms with E-state index in [-0.39, 0.29) is 0 Å². The zero-order chi connectivity index (χ0) is 8.81. The van der Waals surface area contributed by atoms with Crippen molar-refractivity contribution in [2.75, 3.05) is 0 Å². The lowest BCUT2D eigenvalue weighted by Gasteiger charge is -1.90. The molecule has 0 spiro atoms. The third kappa shape index (κ3) is 2.15.